The van der Waals surface area contributed by atoms with Crippen molar-refractivity contribution in [1.29, 1.82) is 0 Å². The number of anilines is 1. The first-order valence-electron chi connectivity index (χ1n) is 7.27. The Labute approximate surface area is 123 Å². The molecule has 2 aromatic rings. The molecular weight excluding hydrogens is 266 g/mol. The van der Waals surface area contributed by atoms with Gasteiger partial charge in [-0.25, -0.2) is 0 Å². The Morgan fingerprint density at radius 1 is 1.10 bits per heavy atom. The Balaban J connectivity index is 1.81. The highest BCUT2D eigenvalue weighted by molar-refractivity contribution is 5.57. The summed E-state index contributed by atoms with van der Waals surface area (Å²) in [6.07, 6.45) is 0. The van der Waals surface area contributed by atoms with Crippen LogP contribution >= 0.6 is 0 Å². The summed E-state index contributed by atoms with van der Waals surface area (Å²) < 4.78 is 0. The monoisotopic (exact) mass is 285 g/mol. The number of aromatic nitrogens is 3. The molecule has 2 heterocycles. The maximum atomic E-state index is 12.2. The van der Waals surface area contributed by atoms with Crippen LogP contribution < -0.4 is 10.5 Å². The average molecular weight is 285 g/mol. The molecule has 1 aromatic heterocycles. The first kappa shape index (κ1) is 13.8. The SMILES string of the molecule is CCN1CCN(c2nnc(-c3ccccc3)c(=O)[nH]2)CC1. The molecule has 1 aliphatic rings. The molecule has 1 aliphatic heterocycles. The van der Waals surface area contributed by atoms with E-state index in [9.17, 15) is 4.79 Å². The lowest BCUT2D eigenvalue weighted by Crippen LogP contribution is -2.47. The molecule has 1 N–H and O–H groups in total. The summed E-state index contributed by atoms with van der Waals surface area (Å²) in [5.74, 6) is 0.565. The quantitative estimate of drug-likeness (QED) is 0.910. The normalized spacial score (nSPS) is 16.1. The maximum absolute atomic E-state index is 12.2. The second-order valence-electron chi connectivity index (χ2n) is 5.11. The van der Waals surface area contributed by atoms with Crippen LogP contribution in [0.1, 0.15) is 6.92 Å². The first-order chi connectivity index (χ1) is 10.3. The van der Waals surface area contributed by atoms with Crippen molar-refractivity contribution in [3.8, 4) is 11.3 Å². The number of hydrogen-bond acceptors (Lipinski definition) is 5. The second-order valence-corrected chi connectivity index (χ2v) is 5.11. The van der Waals surface area contributed by atoms with E-state index in [-0.39, 0.29) is 5.56 Å². The number of rotatable bonds is 3. The molecule has 0 saturated carbocycles. The van der Waals surface area contributed by atoms with Gasteiger partial charge in [-0.05, 0) is 6.54 Å². The summed E-state index contributed by atoms with van der Waals surface area (Å²) in [7, 11) is 0. The van der Waals surface area contributed by atoms with E-state index in [2.05, 4.69) is 31.9 Å². The largest absolute Gasteiger partial charge is 0.338 e. The fraction of sp³-hybridized carbons (Fsp3) is 0.400. The molecule has 0 aliphatic carbocycles. The predicted octanol–water partition coefficient (Wildman–Crippen LogP) is 0.974. The fourth-order valence-corrected chi connectivity index (χ4v) is 2.53. The Hall–Kier alpha value is -2.21. The molecule has 1 aromatic carbocycles. The zero-order valence-corrected chi connectivity index (χ0v) is 12.1. The van der Waals surface area contributed by atoms with Crippen LogP contribution in [-0.4, -0.2) is 52.8 Å². The van der Waals surface area contributed by atoms with Crippen molar-refractivity contribution in [3.05, 3.63) is 40.7 Å². The van der Waals surface area contributed by atoms with E-state index >= 15 is 0 Å². The lowest BCUT2D eigenvalue weighted by molar-refractivity contribution is 0.269. The van der Waals surface area contributed by atoms with Gasteiger partial charge in [-0.2, -0.15) is 0 Å². The van der Waals surface area contributed by atoms with E-state index in [1.807, 2.05) is 30.3 Å². The van der Waals surface area contributed by atoms with Gasteiger partial charge in [-0.1, -0.05) is 37.3 Å². The molecule has 0 radical (unpaired) electrons. The van der Waals surface area contributed by atoms with Gasteiger partial charge >= 0.3 is 0 Å². The Bertz CT molecular complexity index is 647. The van der Waals surface area contributed by atoms with Crippen LogP contribution in [0.15, 0.2) is 35.1 Å². The number of hydrogen-bond donors (Lipinski definition) is 1. The highest BCUT2D eigenvalue weighted by Gasteiger charge is 2.18. The van der Waals surface area contributed by atoms with Gasteiger partial charge in [-0.3, -0.25) is 9.78 Å². The molecule has 6 nitrogen and oxygen atoms in total. The molecule has 0 spiro atoms. The van der Waals surface area contributed by atoms with Gasteiger partial charge in [0.2, 0.25) is 5.95 Å². The number of aromatic amines is 1. The summed E-state index contributed by atoms with van der Waals surface area (Å²) in [4.78, 5) is 19.5. The molecular formula is C15H19N5O. The zero-order chi connectivity index (χ0) is 14.7. The highest BCUT2D eigenvalue weighted by Crippen LogP contribution is 2.13. The minimum Gasteiger partial charge on any atom is -0.338 e. The van der Waals surface area contributed by atoms with Gasteiger partial charge in [0.25, 0.3) is 5.56 Å². The van der Waals surface area contributed by atoms with Crippen molar-refractivity contribution in [2.45, 2.75) is 6.92 Å². The number of nitrogens with zero attached hydrogens (tertiary/aromatic N) is 4. The average Bonchev–Trinajstić information content (AvgIpc) is 2.55. The number of piperazine rings is 1. The van der Waals surface area contributed by atoms with Crippen LogP contribution in [0.2, 0.25) is 0 Å². The van der Waals surface area contributed by atoms with Crippen molar-refractivity contribution >= 4 is 5.95 Å². The van der Waals surface area contributed by atoms with Gasteiger partial charge < -0.3 is 9.80 Å². The molecule has 0 bridgehead atoms. The first-order valence-corrected chi connectivity index (χ1v) is 7.27. The predicted molar refractivity (Wildman–Crippen MR) is 82.4 cm³/mol. The van der Waals surface area contributed by atoms with Crippen LogP contribution in [0.4, 0.5) is 5.95 Å². The number of nitrogens with one attached hydrogen (secondary N) is 1. The van der Waals surface area contributed by atoms with E-state index in [4.69, 9.17) is 0 Å². The molecule has 6 heteroatoms. The van der Waals surface area contributed by atoms with Crippen molar-refractivity contribution in [3.63, 3.8) is 0 Å². The molecule has 110 valence electrons. The van der Waals surface area contributed by atoms with Crippen molar-refractivity contribution < 1.29 is 0 Å². The maximum Gasteiger partial charge on any atom is 0.279 e. The van der Waals surface area contributed by atoms with Crippen LogP contribution in [0.3, 0.4) is 0 Å². The Morgan fingerprint density at radius 2 is 1.81 bits per heavy atom. The van der Waals surface area contributed by atoms with Crippen molar-refractivity contribution in [2.75, 3.05) is 37.6 Å². The summed E-state index contributed by atoms with van der Waals surface area (Å²) in [6, 6.07) is 9.40. The van der Waals surface area contributed by atoms with E-state index in [0.717, 1.165) is 38.3 Å². The van der Waals surface area contributed by atoms with Gasteiger partial charge in [-0.15, -0.1) is 10.2 Å². The molecule has 3 rings (SSSR count). The Morgan fingerprint density at radius 3 is 2.43 bits per heavy atom. The second kappa shape index (κ2) is 6.05. The van der Waals surface area contributed by atoms with Gasteiger partial charge in [0, 0.05) is 31.7 Å². The summed E-state index contributed by atoms with van der Waals surface area (Å²) in [6.45, 7) is 6.92. The minimum atomic E-state index is -0.191. The third kappa shape index (κ3) is 2.95. The fourth-order valence-electron chi connectivity index (χ4n) is 2.53. The standard InChI is InChI=1S/C15H19N5O/c1-2-19-8-10-20(11-9-19)15-16-14(21)13(17-18-15)12-6-4-3-5-7-12/h3-7H,2,8-11H2,1H3,(H,16,18,21). The van der Waals surface area contributed by atoms with Gasteiger partial charge in [0.15, 0.2) is 5.69 Å². The van der Waals surface area contributed by atoms with Crippen LogP contribution in [0.25, 0.3) is 11.3 Å². The van der Waals surface area contributed by atoms with Crippen LogP contribution in [-0.2, 0) is 0 Å². The van der Waals surface area contributed by atoms with Crippen LogP contribution in [0, 0.1) is 0 Å². The third-order valence-corrected chi connectivity index (χ3v) is 3.85. The highest BCUT2D eigenvalue weighted by atomic mass is 16.1. The smallest absolute Gasteiger partial charge is 0.279 e. The molecule has 0 unspecified atom stereocenters. The van der Waals surface area contributed by atoms with Gasteiger partial charge in [0.05, 0.1) is 0 Å². The zero-order valence-electron chi connectivity index (χ0n) is 12.1. The van der Waals surface area contributed by atoms with Gasteiger partial charge in [0.1, 0.15) is 0 Å². The molecule has 1 saturated heterocycles. The lowest BCUT2D eigenvalue weighted by Gasteiger charge is -2.33. The Kier molecular flexibility index (Phi) is 3.96. The van der Waals surface area contributed by atoms with E-state index in [1.165, 1.54) is 0 Å². The number of benzene rings is 1. The summed E-state index contributed by atoms with van der Waals surface area (Å²) in [5, 5.41) is 8.31. The lowest BCUT2D eigenvalue weighted by atomic mass is 10.2. The number of likely N-dealkylation sites (N-methyl/N-ethyl adjacent to an activating group) is 1. The van der Waals surface area contributed by atoms with E-state index in [0.29, 0.717) is 11.6 Å². The topological polar surface area (TPSA) is 65.1 Å². The molecule has 1 fully saturated rings. The van der Waals surface area contributed by atoms with Crippen molar-refractivity contribution in [1.82, 2.24) is 20.1 Å². The number of H-pyrrole nitrogens is 1. The molecule has 0 atom stereocenters. The van der Waals surface area contributed by atoms with E-state index in [1.54, 1.807) is 0 Å². The molecule has 21 heavy (non-hydrogen) atoms. The summed E-state index contributed by atoms with van der Waals surface area (Å²) in [5.41, 5.74) is 0.962. The van der Waals surface area contributed by atoms with E-state index < -0.39 is 0 Å². The molecule has 0 amide bonds. The van der Waals surface area contributed by atoms with Crippen LogP contribution in [0.5, 0.6) is 0 Å². The van der Waals surface area contributed by atoms with Crippen molar-refractivity contribution in [2.24, 2.45) is 0 Å². The minimum absolute atomic E-state index is 0.191. The summed E-state index contributed by atoms with van der Waals surface area (Å²) >= 11 is 0. The third-order valence-electron chi connectivity index (χ3n) is 3.85.